The van der Waals surface area contributed by atoms with Gasteiger partial charge in [-0.25, -0.2) is 14.0 Å². The Balaban J connectivity index is 1.41. The monoisotopic (exact) mass is 476 g/mol. The fourth-order valence-electron chi connectivity index (χ4n) is 5.66. The van der Waals surface area contributed by atoms with E-state index in [1.807, 2.05) is 20.8 Å². The zero-order valence-electron chi connectivity index (χ0n) is 19.7. The lowest BCUT2D eigenvalue weighted by Crippen LogP contribution is -2.43. The first-order valence-electron chi connectivity index (χ1n) is 11.5. The molecule has 3 aromatic rings. The molecule has 180 valence electrons. The number of oxime groups is 1. The maximum Gasteiger partial charge on any atom is 0.373 e. The van der Waals surface area contributed by atoms with Crippen molar-refractivity contribution in [2.24, 2.45) is 21.4 Å². The summed E-state index contributed by atoms with van der Waals surface area (Å²) in [5, 5.41) is 7.68. The third-order valence-electron chi connectivity index (χ3n) is 8.37. The van der Waals surface area contributed by atoms with Gasteiger partial charge in [-0.05, 0) is 54.7 Å². The number of hydrogen-bond donors (Lipinski definition) is 1. The number of rotatable bonds is 4. The highest BCUT2D eigenvalue weighted by atomic mass is 19.1. The number of carbonyl (C=O) groups is 2. The van der Waals surface area contributed by atoms with Crippen molar-refractivity contribution in [1.29, 1.82) is 0 Å². The van der Waals surface area contributed by atoms with Crippen molar-refractivity contribution in [3.05, 3.63) is 76.4 Å². The predicted octanol–water partition coefficient (Wildman–Crippen LogP) is 5.30. The van der Waals surface area contributed by atoms with Crippen molar-refractivity contribution in [3.8, 4) is 0 Å². The molecular formula is C27H25FN2O5. The lowest BCUT2D eigenvalue weighted by molar-refractivity contribution is -0.130. The fourth-order valence-corrected chi connectivity index (χ4v) is 5.66. The van der Waals surface area contributed by atoms with E-state index in [-0.39, 0.29) is 17.3 Å². The summed E-state index contributed by atoms with van der Waals surface area (Å²) >= 11 is 0. The number of nitrogens with zero attached hydrogens (tertiary/aromatic N) is 1. The van der Waals surface area contributed by atoms with Crippen LogP contribution < -0.4 is 10.9 Å². The van der Waals surface area contributed by atoms with Crippen LogP contribution in [0, 0.1) is 22.1 Å². The molecule has 1 N–H and O–H groups in total. The molecule has 8 heteroatoms. The minimum Gasteiger partial charge on any atom is -0.422 e. The second-order valence-electron chi connectivity index (χ2n) is 10.1. The van der Waals surface area contributed by atoms with Crippen molar-refractivity contribution < 1.29 is 23.2 Å². The zero-order valence-corrected chi connectivity index (χ0v) is 19.7. The fraction of sp³-hybridized carbons (Fsp3) is 0.333. The van der Waals surface area contributed by atoms with Crippen LogP contribution in [0.1, 0.15) is 50.4 Å². The summed E-state index contributed by atoms with van der Waals surface area (Å²) in [5.74, 6) is -1.47. The summed E-state index contributed by atoms with van der Waals surface area (Å²) in [6, 6.07) is 13.9. The normalized spacial score (nSPS) is 25.7. The van der Waals surface area contributed by atoms with E-state index in [2.05, 4.69) is 10.5 Å². The summed E-state index contributed by atoms with van der Waals surface area (Å²) in [6.45, 7) is 6.06. The summed E-state index contributed by atoms with van der Waals surface area (Å²) < 4.78 is 18.5. The van der Waals surface area contributed by atoms with Gasteiger partial charge in [-0.15, -0.1) is 0 Å². The van der Waals surface area contributed by atoms with E-state index < -0.39 is 27.8 Å². The minimum absolute atomic E-state index is 0.176. The first kappa shape index (κ1) is 23.0. The molecule has 2 saturated carbocycles. The highest BCUT2D eigenvalue weighted by Gasteiger charge is 2.71. The number of halogens is 1. The Morgan fingerprint density at radius 3 is 2.51 bits per heavy atom. The number of anilines is 1. The van der Waals surface area contributed by atoms with Crippen LogP contribution in [0.25, 0.3) is 11.0 Å². The number of carbonyl (C=O) groups excluding carboxylic acids is 2. The van der Waals surface area contributed by atoms with E-state index in [9.17, 15) is 18.8 Å². The average Bonchev–Trinajstić information content (AvgIpc) is 3.14. The van der Waals surface area contributed by atoms with Crippen molar-refractivity contribution in [2.75, 3.05) is 5.32 Å². The van der Waals surface area contributed by atoms with Crippen LogP contribution in [0.4, 0.5) is 10.1 Å². The van der Waals surface area contributed by atoms with Crippen LogP contribution >= 0.6 is 0 Å². The molecule has 2 aliphatic rings. The van der Waals surface area contributed by atoms with Gasteiger partial charge in [0.25, 0.3) is 0 Å². The average molecular weight is 477 g/mol. The molecule has 1 amide bonds. The molecule has 0 spiro atoms. The van der Waals surface area contributed by atoms with Gasteiger partial charge in [0.05, 0.1) is 11.1 Å². The molecule has 7 nitrogen and oxygen atoms in total. The van der Waals surface area contributed by atoms with Gasteiger partial charge in [0.2, 0.25) is 5.91 Å². The maximum atomic E-state index is 13.5. The van der Waals surface area contributed by atoms with Gasteiger partial charge < -0.3 is 14.6 Å². The maximum absolute atomic E-state index is 13.5. The van der Waals surface area contributed by atoms with Crippen LogP contribution in [-0.4, -0.2) is 17.6 Å². The second-order valence-corrected chi connectivity index (χ2v) is 10.1. The molecule has 2 aromatic carbocycles. The lowest BCUT2D eigenvalue weighted by Gasteiger charge is -2.39. The Kier molecular flexibility index (Phi) is 5.16. The first-order valence-corrected chi connectivity index (χ1v) is 11.5. The van der Waals surface area contributed by atoms with E-state index in [0.29, 0.717) is 41.6 Å². The number of hydrogen-bond acceptors (Lipinski definition) is 6. The molecule has 35 heavy (non-hydrogen) atoms. The molecule has 0 radical (unpaired) electrons. The van der Waals surface area contributed by atoms with E-state index >= 15 is 0 Å². The summed E-state index contributed by atoms with van der Waals surface area (Å²) in [4.78, 5) is 43.7. The van der Waals surface area contributed by atoms with Gasteiger partial charge in [-0.1, -0.05) is 44.1 Å². The molecule has 0 aliphatic heterocycles. The Bertz CT molecular complexity index is 1440. The van der Waals surface area contributed by atoms with Gasteiger partial charge >= 0.3 is 11.6 Å². The van der Waals surface area contributed by atoms with Crippen molar-refractivity contribution in [3.63, 3.8) is 0 Å². The van der Waals surface area contributed by atoms with Crippen molar-refractivity contribution in [1.82, 2.24) is 0 Å². The van der Waals surface area contributed by atoms with Gasteiger partial charge in [-0.3, -0.25) is 4.79 Å². The molecule has 0 saturated heterocycles. The SMILES string of the molecule is CC12CCC(C(=O)Nc3ccc(F)cc3)(C/C1=N\OC(=O)c1cc3ccccc3oc1=O)C2(C)C. The number of nitrogens with one attached hydrogen (secondary N) is 1. The summed E-state index contributed by atoms with van der Waals surface area (Å²) in [7, 11) is 0. The Labute approximate surface area is 201 Å². The molecule has 5 rings (SSSR count). The van der Waals surface area contributed by atoms with E-state index in [4.69, 9.17) is 9.25 Å². The third-order valence-corrected chi connectivity index (χ3v) is 8.37. The first-order chi connectivity index (χ1) is 16.6. The van der Waals surface area contributed by atoms with Crippen molar-refractivity contribution in [2.45, 2.75) is 40.0 Å². The van der Waals surface area contributed by atoms with E-state index in [1.54, 1.807) is 24.3 Å². The molecule has 2 bridgehead atoms. The number of fused-ring (bicyclic) bond motifs is 3. The zero-order chi connectivity index (χ0) is 25.0. The number of amides is 1. The molecule has 2 aliphatic carbocycles. The molecular weight excluding hydrogens is 451 g/mol. The van der Waals surface area contributed by atoms with Crippen LogP contribution in [0.5, 0.6) is 0 Å². The molecule has 1 heterocycles. The van der Waals surface area contributed by atoms with Crippen LogP contribution in [-0.2, 0) is 9.63 Å². The quantitative estimate of drug-likeness (QED) is 0.313. The summed E-state index contributed by atoms with van der Waals surface area (Å²) in [5.41, 5.74) is -1.32. The van der Waals surface area contributed by atoms with Crippen LogP contribution in [0.15, 0.2) is 69.0 Å². The summed E-state index contributed by atoms with van der Waals surface area (Å²) in [6.07, 6.45) is 1.64. The number of benzene rings is 2. The largest absolute Gasteiger partial charge is 0.422 e. The van der Waals surface area contributed by atoms with Gasteiger partial charge in [0, 0.05) is 22.9 Å². The Morgan fingerprint density at radius 1 is 1.06 bits per heavy atom. The molecule has 2 fully saturated rings. The second kappa shape index (κ2) is 7.86. The molecule has 1 aromatic heterocycles. The van der Waals surface area contributed by atoms with Gasteiger partial charge in [0.15, 0.2) is 0 Å². The highest BCUT2D eigenvalue weighted by Crippen LogP contribution is 2.71. The van der Waals surface area contributed by atoms with Gasteiger partial charge in [0.1, 0.15) is 17.0 Å². The number of para-hydroxylation sites is 1. The Morgan fingerprint density at radius 2 is 1.77 bits per heavy atom. The van der Waals surface area contributed by atoms with Crippen LogP contribution in [0.3, 0.4) is 0 Å². The Hall–Kier alpha value is -3.81. The van der Waals surface area contributed by atoms with E-state index in [1.165, 1.54) is 30.3 Å². The van der Waals surface area contributed by atoms with E-state index in [0.717, 1.165) is 0 Å². The van der Waals surface area contributed by atoms with Crippen molar-refractivity contribution >= 4 is 34.2 Å². The van der Waals surface area contributed by atoms with Crippen LogP contribution in [0.2, 0.25) is 0 Å². The minimum atomic E-state index is -0.911. The lowest BCUT2D eigenvalue weighted by atomic mass is 9.64. The molecule has 2 unspecified atom stereocenters. The predicted molar refractivity (Wildman–Crippen MR) is 129 cm³/mol. The third kappa shape index (κ3) is 3.38. The standard InChI is InChI=1S/C27H25FN2O5/c1-25(2)26(3)12-13-27(25,24(33)29-18-10-8-17(28)9-11-18)15-21(26)30-35-23(32)19-14-16-6-4-5-7-20(16)34-22(19)31/h4-11,14H,12-13,15H2,1-3H3,(H,29,33)/b30-21+. The smallest absolute Gasteiger partial charge is 0.373 e. The highest BCUT2D eigenvalue weighted by molar-refractivity contribution is 6.06. The topological polar surface area (TPSA) is 98.0 Å². The molecule has 2 atom stereocenters. The van der Waals surface area contributed by atoms with Gasteiger partial charge in [-0.2, -0.15) is 0 Å².